The minimum Gasteiger partial charge on any atom is -0.354 e. The number of aliphatic imine (C=N–C) groups is 1. The van der Waals surface area contributed by atoms with Crippen LogP contribution in [-0.4, -0.2) is 50.0 Å². The standard InChI is InChI=1S/C17H32N4O/c1-6-14-8-7-9-15(10-14)20-17(18-11-13(2)3)19-12-16(22)21(4)5/h14-15H,2,6-12H2,1,3-5H3,(H2,18,19,20). The van der Waals surface area contributed by atoms with Crippen LogP contribution in [-0.2, 0) is 4.79 Å². The van der Waals surface area contributed by atoms with Gasteiger partial charge in [-0.1, -0.05) is 38.3 Å². The molecule has 1 amide bonds. The van der Waals surface area contributed by atoms with E-state index < -0.39 is 0 Å². The van der Waals surface area contributed by atoms with Gasteiger partial charge in [0.2, 0.25) is 5.91 Å². The molecule has 0 spiro atoms. The molecule has 0 heterocycles. The molecular weight excluding hydrogens is 276 g/mol. The lowest BCUT2D eigenvalue weighted by Gasteiger charge is -2.30. The van der Waals surface area contributed by atoms with Crippen molar-refractivity contribution >= 4 is 11.9 Å². The molecule has 0 aliphatic heterocycles. The van der Waals surface area contributed by atoms with E-state index in [0.29, 0.717) is 12.6 Å². The molecule has 2 N–H and O–H groups in total. The fourth-order valence-corrected chi connectivity index (χ4v) is 2.66. The Bertz CT molecular complexity index is 403. The Morgan fingerprint density at radius 3 is 2.68 bits per heavy atom. The van der Waals surface area contributed by atoms with Crippen LogP contribution in [0.25, 0.3) is 0 Å². The molecule has 1 saturated carbocycles. The lowest BCUT2D eigenvalue weighted by atomic mass is 9.84. The predicted molar refractivity (Wildman–Crippen MR) is 93.0 cm³/mol. The smallest absolute Gasteiger partial charge is 0.243 e. The van der Waals surface area contributed by atoms with Gasteiger partial charge < -0.3 is 15.5 Å². The summed E-state index contributed by atoms with van der Waals surface area (Å²) >= 11 is 0. The number of nitrogens with zero attached hydrogens (tertiary/aromatic N) is 2. The van der Waals surface area contributed by atoms with Crippen LogP contribution in [0.5, 0.6) is 0 Å². The lowest BCUT2D eigenvalue weighted by molar-refractivity contribution is -0.127. The average molecular weight is 308 g/mol. The summed E-state index contributed by atoms with van der Waals surface area (Å²) < 4.78 is 0. The Labute approximate surface area is 135 Å². The van der Waals surface area contributed by atoms with E-state index >= 15 is 0 Å². The first-order chi connectivity index (χ1) is 10.4. The van der Waals surface area contributed by atoms with Crippen molar-refractivity contribution < 1.29 is 4.79 Å². The first kappa shape index (κ1) is 18.5. The monoisotopic (exact) mass is 308 g/mol. The number of carbonyl (C=O) groups excluding carboxylic acids is 1. The molecule has 0 aromatic heterocycles. The SMILES string of the molecule is C=C(C)CNC(=NCC(=O)N(C)C)NC1CCCC(CC)C1. The van der Waals surface area contributed by atoms with E-state index in [-0.39, 0.29) is 12.5 Å². The summed E-state index contributed by atoms with van der Waals surface area (Å²) in [6.07, 6.45) is 6.20. The largest absolute Gasteiger partial charge is 0.354 e. The molecule has 1 aliphatic carbocycles. The Kier molecular flexibility index (Phi) is 7.99. The lowest BCUT2D eigenvalue weighted by Crippen LogP contribution is -2.46. The Balaban J connectivity index is 2.62. The van der Waals surface area contributed by atoms with E-state index in [4.69, 9.17) is 0 Å². The van der Waals surface area contributed by atoms with Crippen molar-refractivity contribution in [2.45, 2.75) is 52.0 Å². The van der Waals surface area contributed by atoms with Crippen LogP contribution in [0, 0.1) is 5.92 Å². The molecule has 0 aromatic carbocycles. The van der Waals surface area contributed by atoms with E-state index in [1.54, 1.807) is 19.0 Å². The molecular formula is C17H32N4O. The van der Waals surface area contributed by atoms with Gasteiger partial charge in [0.1, 0.15) is 6.54 Å². The van der Waals surface area contributed by atoms with Gasteiger partial charge in [-0.3, -0.25) is 4.79 Å². The first-order valence-electron chi connectivity index (χ1n) is 8.31. The minimum absolute atomic E-state index is 0.00602. The highest BCUT2D eigenvalue weighted by Gasteiger charge is 2.21. The van der Waals surface area contributed by atoms with Gasteiger partial charge in [0.25, 0.3) is 0 Å². The third-order valence-electron chi connectivity index (χ3n) is 4.13. The average Bonchev–Trinajstić information content (AvgIpc) is 2.49. The number of rotatable bonds is 6. The van der Waals surface area contributed by atoms with Crippen LogP contribution < -0.4 is 10.6 Å². The zero-order valence-electron chi connectivity index (χ0n) is 14.6. The minimum atomic E-state index is 0.00602. The molecule has 22 heavy (non-hydrogen) atoms. The topological polar surface area (TPSA) is 56.7 Å². The summed E-state index contributed by atoms with van der Waals surface area (Å²) in [6.45, 7) is 8.98. The molecule has 1 fully saturated rings. The van der Waals surface area contributed by atoms with Crippen molar-refractivity contribution in [2.24, 2.45) is 10.9 Å². The van der Waals surface area contributed by atoms with Crippen molar-refractivity contribution in [1.29, 1.82) is 0 Å². The maximum Gasteiger partial charge on any atom is 0.243 e. The number of carbonyl (C=O) groups is 1. The van der Waals surface area contributed by atoms with Crippen molar-refractivity contribution in [3.8, 4) is 0 Å². The number of nitrogens with one attached hydrogen (secondary N) is 2. The molecule has 5 heteroatoms. The summed E-state index contributed by atoms with van der Waals surface area (Å²) in [5.41, 5.74) is 1.04. The molecule has 1 rings (SSSR count). The van der Waals surface area contributed by atoms with Crippen LogP contribution in [0.1, 0.15) is 46.0 Å². The van der Waals surface area contributed by atoms with Gasteiger partial charge >= 0.3 is 0 Å². The van der Waals surface area contributed by atoms with E-state index in [9.17, 15) is 4.79 Å². The number of likely N-dealkylation sites (N-methyl/N-ethyl adjacent to an activating group) is 1. The Hall–Kier alpha value is -1.52. The second kappa shape index (κ2) is 9.49. The quantitative estimate of drug-likeness (QED) is 0.449. The second-order valence-corrected chi connectivity index (χ2v) is 6.55. The van der Waals surface area contributed by atoms with Gasteiger partial charge in [0.05, 0.1) is 0 Å². The number of hydrogen-bond donors (Lipinski definition) is 2. The van der Waals surface area contributed by atoms with E-state index in [0.717, 1.165) is 17.5 Å². The Morgan fingerprint density at radius 1 is 1.36 bits per heavy atom. The van der Waals surface area contributed by atoms with Gasteiger partial charge in [0, 0.05) is 26.7 Å². The molecule has 5 nitrogen and oxygen atoms in total. The highest BCUT2D eigenvalue weighted by molar-refractivity contribution is 5.85. The van der Waals surface area contributed by atoms with Crippen LogP contribution in [0.3, 0.4) is 0 Å². The first-order valence-corrected chi connectivity index (χ1v) is 8.31. The maximum absolute atomic E-state index is 11.7. The van der Waals surface area contributed by atoms with Crippen LogP contribution in [0.2, 0.25) is 0 Å². The van der Waals surface area contributed by atoms with Gasteiger partial charge in [-0.25, -0.2) is 4.99 Å². The molecule has 1 aliphatic rings. The van der Waals surface area contributed by atoms with Gasteiger partial charge in [0.15, 0.2) is 5.96 Å². The molecule has 2 atom stereocenters. The fourth-order valence-electron chi connectivity index (χ4n) is 2.66. The van der Waals surface area contributed by atoms with Gasteiger partial charge in [-0.2, -0.15) is 0 Å². The zero-order chi connectivity index (χ0) is 16.5. The van der Waals surface area contributed by atoms with Crippen molar-refractivity contribution in [1.82, 2.24) is 15.5 Å². The van der Waals surface area contributed by atoms with Crippen molar-refractivity contribution in [3.63, 3.8) is 0 Å². The summed E-state index contributed by atoms with van der Waals surface area (Å²) in [4.78, 5) is 17.7. The summed E-state index contributed by atoms with van der Waals surface area (Å²) in [6, 6.07) is 0.449. The van der Waals surface area contributed by atoms with Crippen LogP contribution >= 0.6 is 0 Å². The van der Waals surface area contributed by atoms with E-state index in [1.807, 2.05) is 6.92 Å². The molecule has 2 unspecified atom stereocenters. The highest BCUT2D eigenvalue weighted by atomic mass is 16.2. The summed E-state index contributed by atoms with van der Waals surface area (Å²) in [5.74, 6) is 1.53. The fraction of sp³-hybridized carbons (Fsp3) is 0.765. The normalized spacial score (nSPS) is 22.1. The second-order valence-electron chi connectivity index (χ2n) is 6.55. The predicted octanol–water partition coefficient (Wildman–Crippen LogP) is 2.15. The molecule has 0 aromatic rings. The number of hydrogen-bond acceptors (Lipinski definition) is 2. The van der Waals surface area contributed by atoms with Crippen LogP contribution in [0.15, 0.2) is 17.1 Å². The third-order valence-corrected chi connectivity index (χ3v) is 4.13. The number of amides is 1. The van der Waals surface area contributed by atoms with Crippen molar-refractivity contribution in [2.75, 3.05) is 27.2 Å². The summed E-state index contributed by atoms with van der Waals surface area (Å²) in [5, 5.41) is 6.76. The number of guanidine groups is 1. The third kappa shape index (κ3) is 6.96. The highest BCUT2D eigenvalue weighted by Crippen LogP contribution is 2.26. The summed E-state index contributed by atoms with van der Waals surface area (Å²) in [7, 11) is 3.50. The molecule has 0 saturated heterocycles. The maximum atomic E-state index is 11.7. The van der Waals surface area contributed by atoms with Crippen molar-refractivity contribution in [3.05, 3.63) is 12.2 Å². The Morgan fingerprint density at radius 2 is 2.09 bits per heavy atom. The van der Waals surface area contributed by atoms with Gasteiger partial charge in [-0.05, 0) is 25.7 Å². The zero-order valence-corrected chi connectivity index (χ0v) is 14.6. The van der Waals surface area contributed by atoms with Gasteiger partial charge in [-0.15, -0.1) is 0 Å². The molecule has 126 valence electrons. The van der Waals surface area contributed by atoms with E-state index in [2.05, 4.69) is 29.1 Å². The van der Waals surface area contributed by atoms with E-state index in [1.165, 1.54) is 32.1 Å². The van der Waals surface area contributed by atoms with Crippen LogP contribution in [0.4, 0.5) is 0 Å². The molecule has 0 bridgehead atoms. The molecule has 0 radical (unpaired) electrons.